The molecule has 118 valence electrons. The number of hydrogen-bond donors (Lipinski definition) is 2. The smallest absolute Gasteiger partial charge is 0.335 e. The minimum Gasteiger partial charge on any atom is -0.478 e. The van der Waals surface area contributed by atoms with Gasteiger partial charge in [-0.25, -0.2) is 4.79 Å². The van der Waals surface area contributed by atoms with Crippen molar-refractivity contribution in [3.05, 3.63) is 65.2 Å². The average Bonchev–Trinajstić information content (AvgIpc) is 3.04. The van der Waals surface area contributed by atoms with Crippen molar-refractivity contribution in [2.45, 2.75) is 12.3 Å². The zero-order valence-electron chi connectivity index (χ0n) is 12.6. The zero-order chi connectivity index (χ0) is 16.4. The molecule has 1 aliphatic rings. The van der Waals surface area contributed by atoms with Crippen LogP contribution < -0.4 is 5.73 Å². The van der Waals surface area contributed by atoms with Gasteiger partial charge in [0.2, 0.25) is 0 Å². The highest BCUT2D eigenvalue weighted by molar-refractivity contribution is 5.95. The van der Waals surface area contributed by atoms with Crippen LogP contribution in [0.4, 0.5) is 5.69 Å². The van der Waals surface area contributed by atoms with Crippen LogP contribution in [-0.2, 0) is 0 Å². The average molecular weight is 310 g/mol. The molecule has 1 amide bonds. The van der Waals surface area contributed by atoms with E-state index >= 15 is 0 Å². The van der Waals surface area contributed by atoms with Crippen molar-refractivity contribution in [1.82, 2.24) is 4.90 Å². The molecule has 0 aliphatic carbocycles. The first-order valence-corrected chi connectivity index (χ1v) is 7.53. The van der Waals surface area contributed by atoms with E-state index in [-0.39, 0.29) is 11.8 Å². The topological polar surface area (TPSA) is 83.6 Å². The Labute approximate surface area is 134 Å². The number of likely N-dealkylation sites (tertiary alicyclic amines) is 1. The van der Waals surface area contributed by atoms with Crippen LogP contribution in [0.1, 0.15) is 38.6 Å². The number of rotatable bonds is 3. The summed E-state index contributed by atoms with van der Waals surface area (Å²) in [5.41, 5.74) is 7.98. The maximum Gasteiger partial charge on any atom is 0.335 e. The number of nitrogens with two attached hydrogens (primary N) is 1. The quantitative estimate of drug-likeness (QED) is 0.854. The fourth-order valence-electron chi connectivity index (χ4n) is 3.05. The highest BCUT2D eigenvalue weighted by Crippen LogP contribution is 2.30. The number of carbonyl (C=O) groups excluding carboxylic acids is 1. The van der Waals surface area contributed by atoms with Crippen LogP contribution in [0.25, 0.3) is 0 Å². The van der Waals surface area contributed by atoms with Gasteiger partial charge in [0.15, 0.2) is 0 Å². The van der Waals surface area contributed by atoms with Crippen LogP contribution >= 0.6 is 0 Å². The summed E-state index contributed by atoms with van der Waals surface area (Å²) in [4.78, 5) is 25.7. The monoisotopic (exact) mass is 310 g/mol. The molecule has 1 heterocycles. The first-order valence-electron chi connectivity index (χ1n) is 7.53. The molecular formula is C18H18N2O3. The van der Waals surface area contributed by atoms with E-state index in [1.165, 1.54) is 0 Å². The Morgan fingerprint density at radius 1 is 1.09 bits per heavy atom. The Bertz CT molecular complexity index is 740. The Hall–Kier alpha value is -2.82. The van der Waals surface area contributed by atoms with Crippen molar-refractivity contribution in [3.63, 3.8) is 0 Å². The number of benzene rings is 2. The van der Waals surface area contributed by atoms with Gasteiger partial charge in [-0.3, -0.25) is 4.79 Å². The van der Waals surface area contributed by atoms with Crippen LogP contribution in [0.5, 0.6) is 0 Å². The predicted octanol–water partition coefficient (Wildman–Crippen LogP) is 2.60. The highest BCUT2D eigenvalue weighted by Gasteiger charge is 2.30. The number of nitrogen functional groups attached to an aromatic ring is 1. The third-order valence-corrected chi connectivity index (χ3v) is 4.26. The van der Waals surface area contributed by atoms with Gasteiger partial charge in [-0.05, 0) is 42.3 Å². The van der Waals surface area contributed by atoms with E-state index in [1.807, 2.05) is 12.1 Å². The first-order chi connectivity index (χ1) is 11.1. The van der Waals surface area contributed by atoms with Crippen molar-refractivity contribution in [2.24, 2.45) is 0 Å². The van der Waals surface area contributed by atoms with Crippen molar-refractivity contribution in [3.8, 4) is 0 Å². The maximum atomic E-state index is 12.5. The summed E-state index contributed by atoms with van der Waals surface area (Å²) < 4.78 is 0. The van der Waals surface area contributed by atoms with Crippen LogP contribution in [0.3, 0.4) is 0 Å². The Kier molecular flexibility index (Phi) is 4.02. The van der Waals surface area contributed by atoms with Gasteiger partial charge in [0.1, 0.15) is 0 Å². The van der Waals surface area contributed by atoms with E-state index in [9.17, 15) is 14.7 Å². The third-order valence-electron chi connectivity index (χ3n) is 4.26. The lowest BCUT2D eigenvalue weighted by atomic mass is 9.93. The van der Waals surface area contributed by atoms with Crippen molar-refractivity contribution in [1.29, 1.82) is 0 Å². The molecule has 1 aliphatic heterocycles. The SMILES string of the molecule is Nc1ccc(C(=O)N2CCC(c3ccccc3C(=O)O)C2)cc1. The van der Waals surface area contributed by atoms with Crippen molar-refractivity contribution in [2.75, 3.05) is 18.8 Å². The molecule has 1 fully saturated rings. The van der Waals surface area contributed by atoms with Gasteiger partial charge in [0.25, 0.3) is 5.91 Å². The molecule has 2 aromatic rings. The van der Waals surface area contributed by atoms with Crippen LogP contribution in [-0.4, -0.2) is 35.0 Å². The van der Waals surface area contributed by atoms with Gasteiger partial charge in [-0.1, -0.05) is 18.2 Å². The summed E-state index contributed by atoms with van der Waals surface area (Å²) in [5, 5.41) is 9.31. The van der Waals surface area contributed by atoms with E-state index in [2.05, 4.69) is 0 Å². The number of hydrogen-bond acceptors (Lipinski definition) is 3. The summed E-state index contributed by atoms with van der Waals surface area (Å²) in [6.07, 6.45) is 0.769. The zero-order valence-corrected chi connectivity index (χ0v) is 12.6. The number of carboxylic acid groups (broad SMARTS) is 1. The fourth-order valence-corrected chi connectivity index (χ4v) is 3.05. The lowest BCUT2D eigenvalue weighted by molar-refractivity contribution is 0.0695. The molecule has 3 N–H and O–H groups in total. The van der Waals surface area contributed by atoms with E-state index in [0.717, 1.165) is 12.0 Å². The van der Waals surface area contributed by atoms with E-state index in [1.54, 1.807) is 41.3 Å². The molecule has 2 aromatic carbocycles. The fraction of sp³-hybridized carbons (Fsp3) is 0.222. The number of carbonyl (C=O) groups is 2. The standard InChI is InChI=1S/C18H18N2O3/c19-14-7-5-12(6-8-14)17(21)20-10-9-13(11-20)15-3-1-2-4-16(15)18(22)23/h1-8,13H,9-11,19H2,(H,22,23). The van der Waals surface area contributed by atoms with Gasteiger partial charge < -0.3 is 15.7 Å². The van der Waals surface area contributed by atoms with Gasteiger partial charge in [-0.15, -0.1) is 0 Å². The number of aromatic carboxylic acids is 1. The molecule has 1 saturated heterocycles. The second-order valence-corrected chi connectivity index (χ2v) is 5.75. The molecule has 3 rings (SSSR count). The van der Waals surface area contributed by atoms with Gasteiger partial charge in [0, 0.05) is 30.3 Å². The highest BCUT2D eigenvalue weighted by atomic mass is 16.4. The minimum absolute atomic E-state index is 0.0414. The summed E-state index contributed by atoms with van der Waals surface area (Å²) in [6.45, 7) is 1.16. The number of anilines is 1. The molecule has 0 aromatic heterocycles. The van der Waals surface area contributed by atoms with E-state index in [0.29, 0.717) is 29.9 Å². The molecule has 23 heavy (non-hydrogen) atoms. The normalized spacial score (nSPS) is 17.2. The summed E-state index contributed by atoms with van der Waals surface area (Å²) in [5.74, 6) is -0.913. The van der Waals surface area contributed by atoms with Crippen LogP contribution in [0.2, 0.25) is 0 Å². The van der Waals surface area contributed by atoms with Crippen LogP contribution in [0.15, 0.2) is 48.5 Å². The van der Waals surface area contributed by atoms with Crippen molar-refractivity contribution < 1.29 is 14.7 Å². The van der Waals surface area contributed by atoms with Gasteiger partial charge in [-0.2, -0.15) is 0 Å². The van der Waals surface area contributed by atoms with Gasteiger partial charge in [0.05, 0.1) is 5.56 Å². The molecule has 1 unspecified atom stereocenters. The summed E-state index contributed by atoms with van der Waals surface area (Å²) in [6, 6.07) is 13.9. The Morgan fingerprint density at radius 2 is 1.78 bits per heavy atom. The second kappa shape index (κ2) is 6.12. The molecule has 0 spiro atoms. The molecule has 0 bridgehead atoms. The first kappa shape index (κ1) is 15.1. The largest absolute Gasteiger partial charge is 0.478 e. The van der Waals surface area contributed by atoms with E-state index < -0.39 is 5.97 Å². The second-order valence-electron chi connectivity index (χ2n) is 5.75. The molecule has 1 atom stereocenters. The molecule has 5 heteroatoms. The number of amides is 1. The third kappa shape index (κ3) is 3.04. The summed E-state index contributed by atoms with van der Waals surface area (Å²) in [7, 11) is 0. The molecule has 0 saturated carbocycles. The lowest BCUT2D eigenvalue weighted by Crippen LogP contribution is -2.28. The molecular weight excluding hydrogens is 292 g/mol. The number of carboxylic acids is 1. The molecule has 0 radical (unpaired) electrons. The summed E-state index contributed by atoms with van der Waals surface area (Å²) >= 11 is 0. The Morgan fingerprint density at radius 3 is 2.48 bits per heavy atom. The van der Waals surface area contributed by atoms with Crippen LogP contribution in [0, 0.1) is 0 Å². The lowest BCUT2D eigenvalue weighted by Gasteiger charge is -2.17. The maximum absolute atomic E-state index is 12.5. The minimum atomic E-state index is -0.927. The van der Waals surface area contributed by atoms with E-state index in [4.69, 9.17) is 5.73 Å². The number of nitrogens with zero attached hydrogens (tertiary/aromatic N) is 1. The predicted molar refractivity (Wildman–Crippen MR) is 87.5 cm³/mol. The van der Waals surface area contributed by atoms with Gasteiger partial charge >= 0.3 is 5.97 Å². The van der Waals surface area contributed by atoms with Crippen molar-refractivity contribution >= 4 is 17.6 Å². The molecule has 5 nitrogen and oxygen atoms in total. The Balaban J connectivity index is 1.77.